The van der Waals surface area contributed by atoms with Crippen molar-refractivity contribution in [3.8, 4) is 11.5 Å². The Morgan fingerprint density at radius 3 is 1.61 bits per heavy atom. The Hall–Kier alpha value is -2.86. The molecule has 0 aromatic heterocycles. The highest BCUT2D eigenvalue weighted by molar-refractivity contribution is 5.99. The molecule has 0 saturated carbocycles. The van der Waals surface area contributed by atoms with E-state index in [9.17, 15) is 9.59 Å². The van der Waals surface area contributed by atoms with E-state index in [2.05, 4.69) is 29.2 Å². The molecule has 0 radical (unpaired) electrons. The van der Waals surface area contributed by atoms with Gasteiger partial charge in [0.25, 0.3) is 0 Å². The van der Waals surface area contributed by atoms with Crippen LogP contribution in [-0.2, 0) is 35.3 Å². The zero-order valence-corrected chi connectivity index (χ0v) is 20.8. The van der Waals surface area contributed by atoms with Crippen LogP contribution in [0.5, 0.6) is 11.5 Å². The highest BCUT2D eigenvalue weighted by Crippen LogP contribution is 2.35. The molecule has 6 heteroatoms. The highest BCUT2D eigenvalue weighted by atomic mass is 16.5. The number of hydrogen-bond acceptors (Lipinski definition) is 5. The normalized spacial score (nSPS) is 14.6. The zero-order chi connectivity index (χ0) is 24.1. The number of aryl methyl sites for hydroxylation is 4. The topological polar surface area (TPSA) is 59.1 Å². The van der Waals surface area contributed by atoms with Crippen molar-refractivity contribution in [3.05, 3.63) is 57.6 Å². The van der Waals surface area contributed by atoms with E-state index in [1.807, 2.05) is 27.9 Å². The number of hydrogen-bond donors (Lipinski definition) is 0. The van der Waals surface area contributed by atoms with Gasteiger partial charge >= 0.3 is 0 Å². The van der Waals surface area contributed by atoms with E-state index in [0.29, 0.717) is 19.4 Å². The summed E-state index contributed by atoms with van der Waals surface area (Å²) >= 11 is 0. The lowest BCUT2D eigenvalue weighted by Crippen LogP contribution is -2.38. The van der Waals surface area contributed by atoms with Gasteiger partial charge in [-0.15, -0.1) is 0 Å². The molecule has 33 heavy (non-hydrogen) atoms. The Bertz CT molecular complexity index is 955. The molecule has 6 nitrogen and oxygen atoms in total. The summed E-state index contributed by atoms with van der Waals surface area (Å²) < 4.78 is 10.4. The van der Waals surface area contributed by atoms with Crippen molar-refractivity contribution >= 4 is 11.8 Å². The van der Waals surface area contributed by atoms with Gasteiger partial charge in [0, 0.05) is 6.54 Å². The Labute approximate surface area is 197 Å². The third-order valence-electron chi connectivity index (χ3n) is 6.46. The van der Waals surface area contributed by atoms with Gasteiger partial charge in [-0.3, -0.25) is 14.5 Å². The van der Waals surface area contributed by atoms with Crippen LogP contribution in [0.4, 0.5) is 0 Å². The predicted octanol–water partition coefficient (Wildman–Crippen LogP) is 3.51. The van der Waals surface area contributed by atoms with E-state index in [4.69, 9.17) is 9.47 Å². The minimum atomic E-state index is -0.0687. The molecule has 0 bridgehead atoms. The summed E-state index contributed by atoms with van der Waals surface area (Å²) in [5, 5.41) is 0. The molecule has 1 aliphatic carbocycles. The molecule has 2 aliphatic rings. The van der Waals surface area contributed by atoms with Gasteiger partial charge in [-0.25, -0.2) is 0 Å². The van der Waals surface area contributed by atoms with Crippen LogP contribution in [0.15, 0.2) is 24.3 Å². The van der Waals surface area contributed by atoms with Crippen LogP contribution in [0, 0.1) is 13.8 Å². The SMILES string of the molecule is COc1cc2c(cc1OC)CC2.Cc1cc2c(cc1C)CC(=O)N(CCCN(C)C)C(=O)C2. The van der Waals surface area contributed by atoms with Crippen molar-refractivity contribution < 1.29 is 19.1 Å². The molecule has 0 saturated heterocycles. The number of benzene rings is 2. The lowest BCUT2D eigenvalue weighted by molar-refractivity contribution is -0.143. The maximum atomic E-state index is 12.4. The van der Waals surface area contributed by atoms with Gasteiger partial charge in [-0.2, -0.15) is 0 Å². The molecule has 0 unspecified atom stereocenters. The van der Waals surface area contributed by atoms with Gasteiger partial charge in [-0.05, 0) is 99.3 Å². The van der Waals surface area contributed by atoms with E-state index in [0.717, 1.165) is 35.6 Å². The second-order valence-corrected chi connectivity index (χ2v) is 9.13. The lowest BCUT2D eigenvalue weighted by atomic mass is 9.88. The molecule has 0 fully saturated rings. The molecule has 2 aromatic carbocycles. The monoisotopic (exact) mass is 452 g/mol. The summed E-state index contributed by atoms with van der Waals surface area (Å²) in [6.45, 7) is 5.48. The van der Waals surface area contributed by atoms with Gasteiger partial charge in [-0.1, -0.05) is 12.1 Å². The summed E-state index contributed by atoms with van der Waals surface area (Å²) in [7, 11) is 7.33. The molecule has 1 aliphatic heterocycles. The molecule has 2 aromatic rings. The fraction of sp³-hybridized carbons (Fsp3) is 0.481. The largest absolute Gasteiger partial charge is 0.493 e. The van der Waals surface area contributed by atoms with Crippen LogP contribution >= 0.6 is 0 Å². The Balaban J connectivity index is 0.000000215. The first-order valence-electron chi connectivity index (χ1n) is 11.5. The third kappa shape index (κ3) is 5.93. The summed E-state index contributed by atoms with van der Waals surface area (Å²) in [5.74, 6) is 1.55. The van der Waals surface area contributed by atoms with Crippen molar-refractivity contribution in [1.29, 1.82) is 0 Å². The molecule has 178 valence electrons. The average Bonchev–Trinajstić information content (AvgIpc) is 2.85. The number of rotatable bonds is 6. The van der Waals surface area contributed by atoms with E-state index < -0.39 is 0 Å². The molecular weight excluding hydrogens is 416 g/mol. The van der Waals surface area contributed by atoms with Crippen LogP contribution in [0.1, 0.15) is 39.8 Å². The van der Waals surface area contributed by atoms with Crippen molar-refractivity contribution in [3.63, 3.8) is 0 Å². The Morgan fingerprint density at radius 2 is 1.24 bits per heavy atom. The second kappa shape index (κ2) is 10.8. The molecule has 2 amide bonds. The van der Waals surface area contributed by atoms with Gasteiger partial charge in [0.2, 0.25) is 11.8 Å². The Kier molecular flexibility index (Phi) is 8.14. The lowest BCUT2D eigenvalue weighted by Gasteiger charge is -2.20. The summed E-state index contributed by atoms with van der Waals surface area (Å²) in [5.41, 5.74) is 7.16. The van der Waals surface area contributed by atoms with Crippen molar-refractivity contribution in [2.75, 3.05) is 41.4 Å². The van der Waals surface area contributed by atoms with Crippen molar-refractivity contribution in [2.24, 2.45) is 0 Å². The minimum absolute atomic E-state index is 0.0687. The fourth-order valence-corrected chi connectivity index (χ4v) is 4.24. The van der Waals surface area contributed by atoms with Crippen LogP contribution in [0.25, 0.3) is 0 Å². The molecule has 4 rings (SSSR count). The van der Waals surface area contributed by atoms with Crippen LogP contribution in [0.3, 0.4) is 0 Å². The molecule has 0 N–H and O–H groups in total. The van der Waals surface area contributed by atoms with Crippen LogP contribution < -0.4 is 9.47 Å². The van der Waals surface area contributed by atoms with Gasteiger partial charge in [0.1, 0.15) is 0 Å². The maximum absolute atomic E-state index is 12.4. The summed E-state index contributed by atoms with van der Waals surface area (Å²) in [6, 6.07) is 8.24. The van der Waals surface area contributed by atoms with Crippen molar-refractivity contribution in [1.82, 2.24) is 9.80 Å². The first-order chi connectivity index (χ1) is 15.7. The van der Waals surface area contributed by atoms with Gasteiger partial charge in [0.15, 0.2) is 11.5 Å². The number of fused-ring (bicyclic) bond motifs is 2. The number of imide groups is 1. The second-order valence-electron chi connectivity index (χ2n) is 9.13. The fourth-order valence-electron chi connectivity index (χ4n) is 4.24. The molecule has 1 heterocycles. The Morgan fingerprint density at radius 1 is 0.788 bits per heavy atom. The zero-order valence-electron chi connectivity index (χ0n) is 20.8. The molecule has 0 spiro atoms. The van der Waals surface area contributed by atoms with E-state index >= 15 is 0 Å². The standard InChI is InChI=1S/C17H24N2O2.C10H12O2/c1-12-8-14-10-16(20)19(7-5-6-18(3)4)17(21)11-15(14)9-13(12)2;1-11-9-5-7-3-4-8(7)6-10(9)12-2/h8-9H,5-7,10-11H2,1-4H3;5-6H,3-4H2,1-2H3. The molecule has 0 atom stereocenters. The number of carbonyl (C=O) groups is 2. The maximum Gasteiger partial charge on any atom is 0.233 e. The number of ether oxygens (including phenoxy) is 2. The quantitative estimate of drug-likeness (QED) is 0.628. The van der Waals surface area contributed by atoms with Crippen molar-refractivity contribution in [2.45, 2.75) is 46.0 Å². The number of amides is 2. The van der Waals surface area contributed by atoms with Gasteiger partial charge in [0.05, 0.1) is 27.1 Å². The van der Waals surface area contributed by atoms with Crippen LogP contribution in [-0.4, -0.2) is 63.0 Å². The summed E-state index contributed by atoms with van der Waals surface area (Å²) in [4.78, 5) is 28.2. The molecular formula is C27H36N2O4. The van der Waals surface area contributed by atoms with Gasteiger partial charge < -0.3 is 14.4 Å². The smallest absolute Gasteiger partial charge is 0.233 e. The minimum Gasteiger partial charge on any atom is -0.493 e. The first kappa shape index (κ1) is 24.8. The summed E-state index contributed by atoms with van der Waals surface area (Å²) in [6.07, 6.45) is 3.85. The number of nitrogens with zero attached hydrogens (tertiary/aromatic N) is 2. The number of methoxy groups -OCH3 is 2. The highest BCUT2D eigenvalue weighted by Gasteiger charge is 2.27. The van der Waals surface area contributed by atoms with E-state index in [-0.39, 0.29) is 11.8 Å². The van der Waals surface area contributed by atoms with E-state index in [1.54, 1.807) is 14.2 Å². The average molecular weight is 453 g/mol. The predicted molar refractivity (Wildman–Crippen MR) is 130 cm³/mol. The van der Waals surface area contributed by atoms with E-state index in [1.165, 1.54) is 40.0 Å². The number of carbonyl (C=O) groups excluding carboxylic acids is 2. The van der Waals surface area contributed by atoms with Crippen LogP contribution in [0.2, 0.25) is 0 Å². The first-order valence-corrected chi connectivity index (χ1v) is 11.5. The third-order valence-corrected chi connectivity index (χ3v) is 6.46.